The second-order valence-corrected chi connectivity index (χ2v) is 10.3. The van der Waals surface area contributed by atoms with Gasteiger partial charge in [-0.2, -0.15) is 0 Å². The molecule has 184 valence electrons. The first-order valence-electron chi connectivity index (χ1n) is 12.5. The molecule has 1 amide bonds. The highest BCUT2D eigenvalue weighted by Gasteiger charge is 2.33. The van der Waals surface area contributed by atoms with Crippen LogP contribution < -0.4 is 21.9 Å². The summed E-state index contributed by atoms with van der Waals surface area (Å²) in [6, 6.07) is 9.44. The lowest BCUT2D eigenvalue weighted by atomic mass is 9.75. The number of aromatic nitrogens is 2. The van der Waals surface area contributed by atoms with E-state index in [0.29, 0.717) is 12.5 Å². The second-order valence-electron chi connectivity index (χ2n) is 10.3. The van der Waals surface area contributed by atoms with E-state index in [1.807, 2.05) is 44.2 Å². The van der Waals surface area contributed by atoms with E-state index in [1.165, 1.54) is 35.2 Å². The van der Waals surface area contributed by atoms with Crippen molar-refractivity contribution in [1.82, 2.24) is 14.5 Å². The van der Waals surface area contributed by atoms with Crippen LogP contribution in [0.1, 0.15) is 51.5 Å². The molecule has 1 saturated carbocycles. The Bertz CT molecular complexity index is 1110. The van der Waals surface area contributed by atoms with E-state index in [9.17, 15) is 14.4 Å². The molecule has 1 aromatic carbocycles. The maximum atomic E-state index is 13.6. The SMILES string of the molecule is CC(C)CN(C(=O)CN1CCC2CCCCC2C1)c1c(N)n(Cc2ccccc2)c(=O)[nH]c1=O. The van der Waals surface area contributed by atoms with Crippen molar-refractivity contribution in [3.8, 4) is 0 Å². The number of nitrogens with one attached hydrogen (secondary N) is 1. The van der Waals surface area contributed by atoms with Crippen LogP contribution in [0.4, 0.5) is 11.5 Å². The van der Waals surface area contributed by atoms with Crippen molar-refractivity contribution >= 4 is 17.4 Å². The highest BCUT2D eigenvalue weighted by molar-refractivity contribution is 5.96. The smallest absolute Gasteiger partial charge is 0.330 e. The fourth-order valence-corrected chi connectivity index (χ4v) is 5.54. The van der Waals surface area contributed by atoms with Gasteiger partial charge in [-0.3, -0.25) is 24.0 Å². The number of aromatic amines is 1. The van der Waals surface area contributed by atoms with Gasteiger partial charge in [0.1, 0.15) is 5.82 Å². The third kappa shape index (κ3) is 5.43. The van der Waals surface area contributed by atoms with Crippen LogP contribution in [0.15, 0.2) is 39.9 Å². The van der Waals surface area contributed by atoms with Crippen LogP contribution in [0.3, 0.4) is 0 Å². The highest BCUT2D eigenvalue weighted by Crippen LogP contribution is 2.36. The van der Waals surface area contributed by atoms with E-state index in [-0.39, 0.29) is 36.4 Å². The van der Waals surface area contributed by atoms with E-state index >= 15 is 0 Å². The van der Waals surface area contributed by atoms with Gasteiger partial charge in [0.15, 0.2) is 5.69 Å². The molecule has 1 aliphatic carbocycles. The Kier molecular flexibility index (Phi) is 7.56. The Morgan fingerprint density at radius 2 is 1.82 bits per heavy atom. The Balaban J connectivity index is 1.60. The number of nitrogen functional groups attached to an aromatic ring is 1. The van der Waals surface area contributed by atoms with E-state index in [2.05, 4.69) is 9.88 Å². The molecule has 0 spiro atoms. The number of fused-ring (bicyclic) bond motifs is 1. The van der Waals surface area contributed by atoms with Crippen LogP contribution in [0.2, 0.25) is 0 Å². The zero-order chi connectivity index (χ0) is 24.2. The third-order valence-electron chi connectivity index (χ3n) is 7.25. The molecule has 1 aliphatic heterocycles. The van der Waals surface area contributed by atoms with Crippen molar-refractivity contribution in [3.05, 3.63) is 56.7 Å². The summed E-state index contributed by atoms with van der Waals surface area (Å²) < 4.78 is 1.33. The van der Waals surface area contributed by atoms with Gasteiger partial charge in [0.25, 0.3) is 5.56 Å². The number of nitrogens with two attached hydrogens (primary N) is 1. The van der Waals surface area contributed by atoms with Gasteiger partial charge in [-0.05, 0) is 42.7 Å². The topological polar surface area (TPSA) is 104 Å². The van der Waals surface area contributed by atoms with Crippen LogP contribution in [0.25, 0.3) is 0 Å². The van der Waals surface area contributed by atoms with Gasteiger partial charge in [-0.15, -0.1) is 0 Å². The standard InChI is InChI=1S/C26H37N5O3/c1-18(2)14-30(22(32)17-29-13-12-20-10-6-7-11-21(20)16-29)23-24(27)31(26(34)28-25(23)33)15-19-8-4-3-5-9-19/h3-5,8-9,18,20-21H,6-7,10-17,27H2,1-2H3,(H,28,33,34). The summed E-state index contributed by atoms with van der Waals surface area (Å²) >= 11 is 0. The van der Waals surface area contributed by atoms with Gasteiger partial charge < -0.3 is 10.6 Å². The minimum Gasteiger partial charge on any atom is -0.383 e. The summed E-state index contributed by atoms with van der Waals surface area (Å²) in [7, 11) is 0. The zero-order valence-corrected chi connectivity index (χ0v) is 20.3. The van der Waals surface area contributed by atoms with Gasteiger partial charge >= 0.3 is 5.69 Å². The molecule has 2 unspecified atom stereocenters. The number of benzene rings is 1. The molecular weight excluding hydrogens is 430 g/mol. The van der Waals surface area contributed by atoms with Crippen molar-refractivity contribution in [1.29, 1.82) is 0 Å². The average Bonchev–Trinajstić information content (AvgIpc) is 2.81. The first-order valence-corrected chi connectivity index (χ1v) is 12.5. The van der Waals surface area contributed by atoms with Crippen molar-refractivity contribution in [2.45, 2.75) is 52.5 Å². The van der Waals surface area contributed by atoms with Gasteiger partial charge in [-0.1, -0.05) is 63.4 Å². The number of hydrogen-bond donors (Lipinski definition) is 2. The molecule has 2 fully saturated rings. The van der Waals surface area contributed by atoms with Crippen molar-refractivity contribution in [3.63, 3.8) is 0 Å². The maximum absolute atomic E-state index is 13.6. The number of rotatable bonds is 7. The number of piperidine rings is 1. The number of likely N-dealkylation sites (tertiary alicyclic amines) is 1. The molecule has 2 aromatic rings. The first kappa shape index (κ1) is 24.3. The van der Waals surface area contributed by atoms with Crippen LogP contribution in [0.5, 0.6) is 0 Å². The molecule has 0 bridgehead atoms. The fourth-order valence-electron chi connectivity index (χ4n) is 5.54. The number of amides is 1. The van der Waals surface area contributed by atoms with Gasteiger partial charge in [0, 0.05) is 13.1 Å². The Labute approximate surface area is 200 Å². The lowest BCUT2D eigenvalue weighted by molar-refractivity contribution is -0.120. The third-order valence-corrected chi connectivity index (χ3v) is 7.25. The summed E-state index contributed by atoms with van der Waals surface area (Å²) in [5, 5.41) is 0. The Morgan fingerprint density at radius 3 is 2.53 bits per heavy atom. The quantitative estimate of drug-likeness (QED) is 0.652. The summed E-state index contributed by atoms with van der Waals surface area (Å²) in [5.41, 5.74) is 6.16. The number of carbonyl (C=O) groups excluding carboxylic acids is 1. The molecule has 2 heterocycles. The lowest BCUT2D eigenvalue weighted by Gasteiger charge is -2.41. The normalized spacial score (nSPS) is 20.8. The second kappa shape index (κ2) is 10.6. The first-order chi connectivity index (χ1) is 16.3. The summed E-state index contributed by atoms with van der Waals surface area (Å²) in [4.78, 5) is 45.2. The predicted octanol–water partition coefficient (Wildman–Crippen LogP) is 2.67. The zero-order valence-electron chi connectivity index (χ0n) is 20.3. The molecule has 4 rings (SSSR count). The Hall–Kier alpha value is -2.87. The summed E-state index contributed by atoms with van der Waals surface area (Å²) in [6.07, 6.45) is 6.27. The highest BCUT2D eigenvalue weighted by atomic mass is 16.2. The van der Waals surface area contributed by atoms with Crippen molar-refractivity contribution < 1.29 is 4.79 Å². The number of carbonyl (C=O) groups is 1. The van der Waals surface area contributed by atoms with Gasteiger partial charge in [0.05, 0.1) is 13.1 Å². The molecule has 0 radical (unpaired) electrons. The minimum absolute atomic E-state index is 0.0255. The fraction of sp³-hybridized carbons (Fsp3) is 0.577. The van der Waals surface area contributed by atoms with Gasteiger partial charge in [0.2, 0.25) is 5.91 Å². The summed E-state index contributed by atoms with van der Waals surface area (Å²) in [5.74, 6) is 1.45. The molecule has 1 saturated heterocycles. The van der Waals surface area contributed by atoms with E-state index in [0.717, 1.165) is 31.0 Å². The largest absolute Gasteiger partial charge is 0.383 e. The minimum atomic E-state index is -0.619. The average molecular weight is 468 g/mol. The molecular formula is C26H37N5O3. The van der Waals surface area contributed by atoms with Gasteiger partial charge in [-0.25, -0.2) is 4.79 Å². The van der Waals surface area contributed by atoms with Crippen LogP contribution in [-0.2, 0) is 11.3 Å². The molecule has 8 nitrogen and oxygen atoms in total. The molecule has 2 atom stereocenters. The summed E-state index contributed by atoms with van der Waals surface area (Å²) in [6.45, 7) is 6.67. The van der Waals surface area contributed by atoms with Crippen molar-refractivity contribution in [2.24, 2.45) is 17.8 Å². The number of anilines is 2. The van der Waals surface area contributed by atoms with Crippen molar-refractivity contribution in [2.75, 3.05) is 36.8 Å². The number of H-pyrrole nitrogens is 1. The molecule has 8 heteroatoms. The lowest BCUT2D eigenvalue weighted by Crippen LogP contribution is -2.49. The Morgan fingerprint density at radius 1 is 1.12 bits per heavy atom. The monoisotopic (exact) mass is 467 g/mol. The molecule has 34 heavy (non-hydrogen) atoms. The van der Waals surface area contributed by atoms with Crippen LogP contribution >= 0.6 is 0 Å². The van der Waals surface area contributed by atoms with Crippen LogP contribution in [-0.4, -0.2) is 46.5 Å². The molecule has 1 aromatic heterocycles. The van der Waals surface area contributed by atoms with E-state index < -0.39 is 11.2 Å². The molecule has 3 N–H and O–H groups in total. The molecule has 2 aliphatic rings. The number of nitrogens with zero attached hydrogens (tertiary/aromatic N) is 3. The van der Waals surface area contributed by atoms with E-state index in [4.69, 9.17) is 5.73 Å². The van der Waals surface area contributed by atoms with Crippen LogP contribution in [0, 0.1) is 17.8 Å². The number of hydrogen-bond acceptors (Lipinski definition) is 5. The van der Waals surface area contributed by atoms with E-state index in [1.54, 1.807) is 0 Å². The predicted molar refractivity (Wildman–Crippen MR) is 135 cm³/mol. The maximum Gasteiger partial charge on any atom is 0.330 e.